The Morgan fingerprint density at radius 2 is 1.69 bits per heavy atom. The number of H-pyrrole nitrogens is 1. The standard InChI is InChI=1S/C13H10BrN.BrH/c14-13(11-6-2-1-3-7-11)10-12-8-4-5-9-15-12;/h1-10H;1H/b13-10-;. The van der Waals surface area contributed by atoms with E-state index in [0.717, 1.165) is 10.2 Å². The third-order valence-corrected chi connectivity index (χ3v) is 2.75. The first kappa shape index (κ1) is 13.1. The number of halogens is 2. The summed E-state index contributed by atoms with van der Waals surface area (Å²) in [5.74, 6) is 0. The van der Waals surface area contributed by atoms with E-state index in [9.17, 15) is 0 Å². The van der Waals surface area contributed by atoms with Gasteiger partial charge >= 0.3 is 0 Å². The van der Waals surface area contributed by atoms with Gasteiger partial charge in [0.15, 0.2) is 6.20 Å². The van der Waals surface area contributed by atoms with E-state index in [2.05, 4.69) is 39.1 Å². The van der Waals surface area contributed by atoms with E-state index in [1.165, 1.54) is 5.56 Å². The quantitative estimate of drug-likeness (QED) is 0.751. The lowest BCUT2D eigenvalue weighted by molar-refractivity contribution is -0.380. The summed E-state index contributed by atoms with van der Waals surface area (Å²) in [6.45, 7) is 0. The molecular formula is C13H11Br2N. The highest BCUT2D eigenvalue weighted by molar-refractivity contribution is 9.15. The second-order valence-corrected chi connectivity index (χ2v) is 4.03. The highest BCUT2D eigenvalue weighted by atomic mass is 79.9. The third kappa shape index (κ3) is 3.58. The maximum absolute atomic E-state index is 3.56. The van der Waals surface area contributed by atoms with E-state index in [4.69, 9.17) is 0 Å². The van der Waals surface area contributed by atoms with Gasteiger partial charge in [0.2, 0.25) is 5.69 Å². The van der Waals surface area contributed by atoms with Crippen molar-refractivity contribution in [1.82, 2.24) is 0 Å². The van der Waals surface area contributed by atoms with Gasteiger partial charge in [-0.1, -0.05) is 30.3 Å². The zero-order valence-electron chi connectivity index (χ0n) is 8.53. The Labute approximate surface area is 114 Å². The van der Waals surface area contributed by atoms with Crippen LogP contribution in [0.4, 0.5) is 0 Å². The summed E-state index contributed by atoms with van der Waals surface area (Å²) < 4.78 is 1.07. The highest BCUT2D eigenvalue weighted by Crippen LogP contribution is 2.22. The van der Waals surface area contributed by atoms with Crippen molar-refractivity contribution in [3.63, 3.8) is 0 Å². The minimum Gasteiger partial charge on any atom is -1.00 e. The van der Waals surface area contributed by atoms with Crippen molar-refractivity contribution in [1.29, 1.82) is 0 Å². The summed E-state index contributed by atoms with van der Waals surface area (Å²) in [5, 5.41) is 0. The van der Waals surface area contributed by atoms with Gasteiger partial charge in [-0.25, -0.2) is 4.98 Å². The molecule has 0 radical (unpaired) electrons. The van der Waals surface area contributed by atoms with Crippen molar-refractivity contribution in [3.8, 4) is 0 Å². The van der Waals surface area contributed by atoms with Crippen LogP contribution < -0.4 is 22.0 Å². The van der Waals surface area contributed by atoms with Crippen LogP contribution >= 0.6 is 15.9 Å². The molecular weight excluding hydrogens is 330 g/mol. The van der Waals surface area contributed by atoms with Gasteiger partial charge < -0.3 is 17.0 Å². The van der Waals surface area contributed by atoms with Crippen molar-refractivity contribution in [2.24, 2.45) is 0 Å². The zero-order chi connectivity index (χ0) is 10.5. The number of pyridine rings is 1. The fourth-order valence-electron chi connectivity index (χ4n) is 1.31. The monoisotopic (exact) mass is 339 g/mol. The third-order valence-electron chi connectivity index (χ3n) is 2.06. The van der Waals surface area contributed by atoms with E-state index in [1.54, 1.807) is 0 Å². The minimum absolute atomic E-state index is 0. The van der Waals surface area contributed by atoms with Crippen LogP contribution in [0.15, 0.2) is 54.7 Å². The smallest absolute Gasteiger partial charge is 0.204 e. The lowest BCUT2D eigenvalue weighted by Gasteiger charge is -1.96. The van der Waals surface area contributed by atoms with Crippen LogP contribution in [-0.4, -0.2) is 0 Å². The van der Waals surface area contributed by atoms with E-state index < -0.39 is 0 Å². The summed E-state index contributed by atoms with van der Waals surface area (Å²) in [4.78, 5) is 3.16. The predicted octanol–water partition coefficient (Wildman–Crippen LogP) is 0.398. The highest BCUT2D eigenvalue weighted by Gasteiger charge is 1.99. The summed E-state index contributed by atoms with van der Waals surface area (Å²) in [7, 11) is 0. The molecule has 0 bridgehead atoms. The summed E-state index contributed by atoms with van der Waals surface area (Å²) >= 11 is 3.56. The Morgan fingerprint density at radius 3 is 2.31 bits per heavy atom. The maximum Gasteiger partial charge on any atom is 0.204 e. The Kier molecular flexibility index (Phi) is 5.43. The van der Waals surface area contributed by atoms with E-state index in [0.29, 0.717) is 0 Å². The van der Waals surface area contributed by atoms with Crippen LogP contribution in [0.1, 0.15) is 11.3 Å². The molecule has 0 atom stereocenters. The first-order chi connectivity index (χ1) is 7.36. The molecule has 0 spiro atoms. The summed E-state index contributed by atoms with van der Waals surface area (Å²) in [6.07, 6.45) is 3.98. The molecule has 2 aromatic rings. The van der Waals surface area contributed by atoms with E-state index in [-0.39, 0.29) is 17.0 Å². The molecule has 0 amide bonds. The first-order valence-corrected chi connectivity index (χ1v) is 5.55. The summed E-state index contributed by atoms with van der Waals surface area (Å²) in [6, 6.07) is 16.2. The van der Waals surface area contributed by atoms with Gasteiger partial charge in [-0.05, 0) is 27.6 Å². The fraction of sp³-hybridized carbons (Fsp3) is 0. The molecule has 0 saturated carbocycles. The zero-order valence-corrected chi connectivity index (χ0v) is 11.7. The van der Waals surface area contributed by atoms with Crippen LogP contribution in [0, 0.1) is 0 Å². The number of hydrogen-bond acceptors (Lipinski definition) is 0. The molecule has 1 heterocycles. The van der Waals surface area contributed by atoms with E-state index in [1.807, 2.05) is 42.6 Å². The number of aromatic nitrogens is 1. The minimum atomic E-state index is 0. The van der Waals surface area contributed by atoms with E-state index >= 15 is 0 Å². The molecule has 0 aliphatic carbocycles. The molecule has 3 heteroatoms. The van der Waals surface area contributed by atoms with Gasteiger partial charge in [0, 0.05) is 22.7 Å². The van der Waals surface area contributed by atoms with Crippen molar-refractivity contribution >= 4 is 26.5 Å². The average Bonchev–Trinajstić information content (AvgIpc) is 2.31. The van der Waals surface area contributed by atoms with Gasteiger partial charge in [0.1, 0.15) is 0 Å². The first-order valence-electron chi connectivity index (χ1n) is 4.75. The molecule has 1 N–H and O–H groups in total. The average molecular weight is 341 g/mol. The molecule has 1 aromatic heterocycles. The van der Waals surface area contributed by atoms with Gasteiger partial charge in [-0.15, -0.1) is 0 Å². The van der Waals surface area contributed by atoms with Gasteiger partial charge in [-0.3, -0.25) is 0 Å². The SMILES string of the molecule is Br/C(=C\c1cccc[nH+]1)c1ccccc1.[Br-]. The lowest BCUT2D eigenvalue weighted by atomic mass is 10.2. The molecule has 0 aliphatic heterocycles. The van der Waals surface area contributed by atoms with Crippen LogP contribution in [-0.2, 0) is 0 Å². The summed E-state index contributed by atoms with van der Waals surface area (Å²) in [5.41, 5.74) is 2.25. The number of rotatable bonds is 2. The fourth-order valence-corrected chi connectivity index (χ4v) is 1.83. The van der Waals surface area contributed by atoms with Crippen molar-refractivity contribution in [2.45, 2.75) is 0 Å². The Hall–Kier alpha value is -0.930. The number of aromatic amines is 1. The normalized spacial score (nSPS) is 10.7. The Balaban J connectivity index is 0.00000128. The Morgan fingerprint density at radius 1 is 1.00 bits per heavy atom. The predicted molar refractivity (Wildman–Crippen MR) is 66.2 cm³/mol. The molecule has 0 saturated heterocycles. The van der Waals surface area contributed by atoms with Crippen LogP contribution in [0.2, 0.25) is 0 Å². The van der Waals surface area contributed by atoms with Crippen LogP contribution in [0.5, 0.6) is 0 Å². The maximum atomic E-state index is 3.56. The Bertz CT molecular complexity index is 452. The van der Waals surface area contributed by atoms with Gasteiger partial charge in [-0.2, -0.15) is 0 Å². The topological polar surface area (TPSA) is 14.1 Å². The molecule has 0 fully saturated rings. The van der Waals surface area contributed by atoms with Crippen molar-refractivity contribution in [2.75, 3.05) is 0 Å². The van der Waals surface area contributed by atoms with Gasteiger partial charge in [0.25, 0.3) is 0 Å². The second kappa shape index (κ2) is 6.61. The molecule has 0 unspecified atom stereocenters. The number of nitrogens with one attached hydrogen (secondary N) is 1. The molecule has 0 aliphatic rings. The van der Waals surface area contributed by atoms with Crippen molar-refractivity contribution < 1.29 is 22.0 Å². The van der Waals surface area contributed by atoms with Crippen LogP contribution in [0.3, 0.4) is 0 Å². The second-order valence-electron chi connectivity index (χ2n) is 3.18. The molecule has 2 rings (SSSR count). The molecule has 82 valence electrons. The van der Waals surface area contributed by atoms with Gasteiger partial charge in [0.05, 0.1) is 0 Å². The molecule has 16 heavy (non-hydrogen) atoms. The van der Waals surface area contributed by atoms with Crippen LogP contribution in [0.25, 0.3) is 10.6 Å². The molecule has 1 aromatic carbocycles. The lowest BCUT2D eigenvalue weighted by Crippen LogP contribution is -3.00. The van der Waals surface area contributed by atoms with Crippen molar-refractivity contribution in [3.05, 3.63) is 66.0 Å². The number of benzene rings is 1. The molecule has 1 nitrogen and oxygen atoms in total. The number of hydrogen-bond donors (Lipinski definition) is 0. The largest absolute Gasteiger partial charge is 1.00 e.